The van der Waals surface area contributed by atoms with Gasteiger partial charge in [-0.25, -0.2) is 17.2 Å². The minimum Gasteiger partial charge on any atom is -0.324 e. The largest absolute Gasteiger partial charge is 0.324 e. The van der Waals surface area contributed by atoms with Crippen molar-refractivity contribution in [2.24, 2.45) is 0 Å². The Hall–Kier alpha value is -3.01. The Morgan fingerprint density at radius 3 is 2.45 bits per heavy atom. The van der Waals surface area contributed by atoms with E-state index >= 15 is 0 Å². The lowest BCUT2D eigenvalue weighted by Gasteiger charge is -2.28. The Bertz CT molecular complexity index is 1140. The van der Waals surface area contributed by atoms with Crippen LogP contribution in [0.15, 0.2) is 36.4 Å². The number of sulfonamides is 1. The third-order valence-electron chi connectivity index (χ3n) is 5.09. The van der Waals surface area contributed by atoms with Crippen LogP contribution in [0.4, 0.5) is 25.8 Å². The Balaban J connectivity index is 1.87. The first-order valence-corrected chi connectivity index (χ1v) is 11.5. The second-order valence-corrected chi connectivity index (χ2v) is 9.33. The molecule has 31 heavy (non-hydrogen) atoms. The maximum Gasteiger partial charge on any atom is 0.247 e. The zero-order valence-corrected chi connectivity index (χ0v) is 18.2. The molecule has 3 rings (SSSR count). The van der Waals surface area contributed by atoms with Gasteiger partial charge >= 0.3 is 0 Å². The first-order chi connectivity index (χ1) is 14.5. The van der Waals surface area contributed by atoms with Crippen molar-refractivity contribution in [2.45, 2.75) is 32.7 Å². The summed E-state index contributed by atoms with van der Waals surface area (Å²) in [7, 11) is -3.99. The number of aryl methyl sites for hydroxylation is 1. The van der Waals surface area contributed by atoms with E-state index in [1.807, 2.05) is 6.92 Å². The molecule has 2 amide bonds. The fourth-order valence-electron chi connectivity index (χ4n) is 3.56. The van der Waals surface area contributed by atoms with Gasteiger partial charge in [0.05, 0.1) is 11.9 Å². The predicted octanol–water partition coefficient (Wildman–Crippen LogP) is 3.19. The minimum atomic E-state index is -3.99. The molecule has 0 radical (unpaired) electrons. The second kappa shape index (κ2) is 8.62. The molecule has 1 saturated heterocycles. The molecule has 2 aromatic rings. The van der Waals surface area contributed by atoms with E-state index in [-0.39, 0.29) is 11.6 Å². The number of carbonyl (C=O) groups excluding carboxylic acids is 2. The molecular weight excluding hydrogens is 428 g/mol. The number of hydrogen-bond donors (Lipinski definition) is 1. The third-order valence-corrected chi connectivity index (χ3v) is 6.33. The molecule has 1 atom stereocenters. The van der Waals surface area contributed by atoms with Crippen molar-refractivity contribution < 1.29 is 26.8 Å². The topological polar surface area (TPSA) is 86.8 Å². The smallest absolute Gasteiger partial charge is 0.247 e. The summed E-state index contributed by atoms with van der Waals surface area (Å²) in [6, 6.07) is 6.42. The average molecular weight is 451 g/mol. The molecule has 0 spiro atoms. The molecule has 0 aromatic heterocycles. The van der Waals surface area contributed by atoms with E-state index in [1.54, 1.807) is 23.1 Å². The molecule has 0 bridgehead atoms. The summed E-state index contributed by atoms with van der Waals surface area (Å²) in [5.41, 5.74) is 1.75. The molecule has 1 unspecified atom stereocenters. The number of rotatable bonds is 6. The van der Waals surface area contributed by atoms with Gasteiger partial charge in [0.1, 0.15) is 6.04 Å². The van der Waals surface area contributed by atoms with Gasteiger partial charge < -0.3 is 10.2 Å². The number of benzene rings is 2. The molecule has 0 saturated carbocycles. The normalized spacial score (nSPS) is 15.1. The summed E-state index contributed by atoms with van der Waals surface area (Å²) >= 11 is 0. The lowest BCUT2D eigenvalue weighted by Crippen LogP contribution is -2.45. The number of halogens is 2. The van der Waals surface area contributed by atoms with Gasteiger partial charge in [-0.05, 0) is 50.1 Å². The number of anilines is 3. The van der Waals surface area contributed by atoms with Crippen LogP contribution >= 0.6 is 0 Å². The monoisotopic (exact) mass is 451 g/mol. The van der Waals surface area contributed by atoms with E-state index in [1.165, 1.54) is 6.92 Å². The van der Waals surface area contributed by atoms with Crippen molar-refractivity contribution in [3.63, 3.8) is 0 Å². The second-order valence-electron chi connectivity index (χ2n) is 7.47. The van der Waals surface area contributed by atoms with E-state index in [0.717, 1.165) is 40.7 Å². The van der Waals surface area contributed by atoms with Crippen molar-refractivity contribution in [1.82, 2.24) is 0 Å². The molecule has 10 heteroatoms. The maximum atomic E-state index is 13.7. The highest BCUT2D eigenvalue weighted by Crippen LogP contribution is 2.29. The lowest BCUT2D eigenvalue weighted by molar-refractivity contribution is -0.117. The standard InChI is InChI=1S/C21H23F2N3O4S/c1-13-6-7-15(11-19(13)25-10-4-5-20(25)27)24-21(28)14(2)26(31(3,29)30)16-8-9-17(22)18(23)12-16/h6-9,11-12,14H,4-5,10H2,1-3H3,(H,24,28). The van der Waals surface area contributed by atoms with Crippen molar-refractivity contribution in [3.8, 4) is 0 Å². The SMILES string of the molecule is Cc1ccc(NC(=O)C(C)N(c2ccc(F)c(F)c2)S(C)(=O)=O)cc1N1CCCC1=O. The molecule has 7 nitrogen and oxygen atoms in total. The van der Waals surface area contributed by atoms with Gasteiger partial charge in [-0.3, -0.25) is 13.9 Å². The number of nitrogens with one attached hydrogen (secondary N) is 1. The predicted molar refractivity (Wildman–Crippen MR) is 115 cm³/mol. The molecule has 1 heterocycles. The van der Waals surface area contributed by atoms with Gasteiger partial charge in [-0.2, -0.15) is 0 Å². The van der Waals surface area contributed by atoms with Crippen LogP contribution in [0, 0.1) is 18.6 Å². The number of nitrogens with zero attached hydrogens (tertiary/aromatic N) is 2. The number of hydrogen-bond acceptors (Lipinski definition) is 4. The van der Waals surface area contributed by atoms with Crippen LogP contribution in [0.5, 0.6) is 0 Å². The highest BCUT2D eigenvalue weighted by atomic mass is 32.2. The molecule has 1 aliphatic heterocycles. The van der Waals surface area contributed by atoms with E-state index in [0.29, 0.717) is 24.3 Å². The van der Waals surface area contributed by atoms with Gasteiger partial charge in [0.15, 0.2) is 11.6 Å². The summed E-state index contributed by atoms with van der Waals surface area (Å²) in [6.45, 7) is 3.78. The van der Waals surface area contributed by atoms with E-state index in [4.69, 9.17) is 0 Å². The van der Waals surface area contributed by atoms with Crippen molar-refractivity contribution >= 4 is 38.9 Å². The maximum absolute atomic E-state index is 13.7. The van der Waals surface area contributed by atoms with Crippen LogP contribution in [0.2, 0.25) is 0 Å². The zero-order chi connectivity index (χ0) is 22.9. The Morgan fingerprint density at radius 2 is 1.87 bits per heavy atom. The molecular formula is C21H23F2N3O4S. The van der Waals surface area contributed by atoms with Crippen molar-refractivity contribution in [3.05, 3.63) is 53.6 Å². The molecule has 1 fully saturated rings. The van der Waals surface area contributed by atoms with Gasteiger partial charge in [0, 0.05) is 30.4 Å². The summed E-state index contributed by atoms with van der Waals surface area (Å²) in [4.78, 5) is 26.6. The summed E-state index contributed by atoms with van der Waals surface area (Å²) in [5, 5.41) is 2.65. The summed E-state index contributed by atoms with van der Waals surface area (Å²) in [6.07, 6.45) is 2.09. The Labute approximate surface area is 179 Å². The molecule has 0 aliphatic carbocycles. The average Bonchev–Trinajstić information content (AvgIpc) is 3.10. The molecule has 1 aliphatic rings. The first kappa shape index (κ1) is 22.7. The molecule has 166 valence electrons. The van der Waals surface area contributed by atoms with Crippen LogP contribution in [0.25, 0.3) is 0 Å². The van der Waals surface area contributed by atoms with Crippen LogP contribution in [0.1, 0.15) is 25.3 Å². The Kier molecular flexibility index (Phi) is 6.30. The number of carbonyl (C=O) groups is 2. The van der Waals surface area contributed by atoms with Crippen molar-refractivity contribution in [2.75, 3.05) is 27.3 Å². The quantitative estimate of drug-likeness (QED) is 0.731. The zero-order valence-electron chi connectivity index (χ0n) is 17.4. The molecule has 2 aromatic carbocycles. The third kappa shape index (κ3) is 4.84. The van der Waals surface area contributed by atoms with E-state index in [9.17, 15) is 26.8 Å². The highest BCUT2D eigenvalue weighted by molar-refractivity contribution is 7.92. The van der Waals surface area contributed by atoms with E-state index < -0.39 is 33.6 Å². The summed E-state index contributed by atoms with van der Waals surface area (Å²) < 4.78 is 52.3. The van der Waals surface area contributed by atoms with Crippen molar-refractivity contribution in [1.29, 1.82) is 0 Å². The van der Waals surface area contributed by atoms with Crippen LogP contribution in [-0.4, -0.2) is 39.1 Å². The summed E-state index contributed by atoms with van der Waals surface area (Å²) in [5.74, 6) is -3.02. The fraction of sp³-hybridized carbons (Fsp3) is 0.333. The van der Waals surface area contributed by atoms with Gasteiger partial charge in [0.25, 0.3) is 0 Å². The number of amides is 2. The van der Waals surface area contributed by atoms with Gasteiger partial charge in [-0.15, -0.1) is 0 Å². The Morgan fingerprint density at radius 1 is 1.16 bits per heavy atom. The minimum absolute atomic E-state index is 0.00142. The van der Waals surface area contributed by atoms with Gasteiger partial charge in [-0.1, -0.05) is 6.07 Å². The lowest BCUT2D eigenvalue weighted by atomic mass is 10.1. The van der Waals surface area contributed by atoms with Crippen LogP contribution in [0.3, 0.4) is 0 Å². The van der Waals surface area contributed by atoms with Gasteiger partial charge in [0.2, 0.25) is 21.8 Å². The van der Waals surface area contributed by atoms with E-state index in [2.05, 4.69) is 5.32 Å². The fourth-order valence-corrected chi connectivity index (χ4v) is 4.73. The first-order valence-electron chi connectivity index (χ1n) is 9.65. The van der Waals surface area contributed by atoms with Crippen LogP contribution < -0.4 is 14.5 Å². The molecule has 1 N–H and O–H groups in total. The highest BCUT2D eigenvalue weighted by Gasteiger charge is 2.30. The van der Waals surface area contributed by atoms with Crippen LogP contribution in [-0.2, 0) is 19.6 Å².